The van der Waals surface area contributed by atoms with Crippen LogP contribution in [0.5, 0.6) is 0 Å². The number of carbonyl (C=O) groups is 1. The second-order valence-electron chi connectivity index (χ2n) is 4.63. The van der Waals surface area contributed by atoms with Crippen LogP contribution < -0.4 is 10.6 Å². The number of aromatic nitrogens is 1. The minimum Gasteiger partial charge on any atom is -0.382 e. The summed E-state index contributed by atoms with van der Waals surface area (Å²) in [6.07, 6.45) is 3.33. The second kappa shape index (κ2) is 5.56. The van der Waals surface area contributed by atoms with Gasteiger partial charge in [-0.3, -0.25) is 4.79 Å². The van der Waals surface area contributed by atoms with Crippen molar-refractivity contribution in [1.29, 1.82) is 0 Å². The SMILES string of the molecule is CCCN(C)C(=O)c1sc(N2CCCC2)nc1N. The van der Waals surface area contributed by atoms with E-state index in [1.807, 2.05) is 0 Å². The molecule has 5 nitrogen and oxygen atoms in total. The molecule has 0 aliphatic carbocycles. The summed E-state index contributed by atoms with van der Waals surface area (Å²) < 4.78 is 0. The maximum absolute atomic E-state index is 12.2. The predicted molar refractivity (Wildman–Crippen MR) is 75.2 cm³/mol. The number of hydrogen-bond acceptors (Lipinski definition) is 5. The van der Waals surface area contributed by atoms with Crippen molar-refractivity contribution in [3.8, 4) is 0 Å². The molecule has 0 saturated carbocycles. The Bertz CT molecular complexity index is 426. The lowest BCUT2D eigenvalue weighted by molar-refractivity contribution is 0.0800. The van der Waals surface area contributed by atoms with Gasteiger partial charge < -0.3 is 15.5 Å². The summed E-state index contributed by atoms with van der Waals surface area (Å²) in [6, 6.07) is 0. The van der Waals surface area contributed by atoms with E-state index in [0.717, 1.165) is 31.2 Å². The van der Waals surface area contributed by atoms with Crippen LogP contribution in [0.3, 0.4) is 0 Å². The van der Waals surface area contributed by atoms with Crippen LogP contribution >= 0.6 is 11.3 Å². The fourth-order valence-corrected chi connectivity index (χ4v) is 3.16. The summed E-state index contributed by atoms with van der Waals surface area (Å²) in [5, 5.41) is 0.887. The Hall–Kier alpha value is -1.30. The van der Waals surface area contributed by atoms with E-state index in [1.54, 1.807) is 11.9 Å². The molecule has 2 heterocycles. The first kappa shape index (κ1) is 13.1. The van der Waals surface area contributed by atoms with Crippen LogP contribution in [0.25, 0.3) is 0 Å². The quantitative estimate of drug-likeness (QED) is 0.904. The van der Waals surface area contributed by atoms with Crippen LogP contribution in [0.1, 0.15) is 35.9 Å². The molecule has 100 valence electrons. The van der Waals surface area contributed by atoms with E-state index in [9.17, 15) is 4.79 Å². The highest BCUT2D eigenvalue weighted by Gasteiger charge is 2.23. The summed E-state index contributed by atoms with van der Waals surface area (Å²) in [6.45, 7) is 4.83. The first-order valence-corrected chi connectivity index (χ1v) is 7.21. The van der Waals surface area contributed by atoms with Crippen LogP contribution in [-0.2, 0) is 0 Å². The fourth-order valence-electron chi connectivity index (χ4n) is 2.13. The predicted octanol–water partition coefficient (Wildman–Crippen LogP) is 1.81. The van der Waals surface area contributed by atoms with Crippen molar-refractivity contribution in [2.45, 2.75) is 26.2 Å². The topological polar surface area (TPSA) is 62.5 Å². The van der Waals surface area contributed by atoms with Crippen LogP contribution in [-0.4, -0.2) is 42.5 Å². The Kier molecular flexibility index (Phi) is 4.06. The van der Waals surface area contributed by atoms with Crippen molar-refractivity contribution in [1.82, 2.24) is 9.88 Å². The van der Waals surface area contributed by atoms with Gasteiger partial charge in [-0.1, -0.05) is 18.3 Å². The number of nitrogen functional groups attached to an aromatic ring is 1. The number of amides is 1. The summed E-state index contributed by atoms with van der Waals surface area (Å²) in [5.74, 6) is 0.354. The minimum absolute atomic E-state index is 0.0164. The number of rotatable bonds is 4. The van der Waals surface area contributed by atoms with E-state index < -0.39 is 0 Å². The van der Waals surface area contributed by atoms with Gasteiger partial charge in [0, 0.05) is 26.7 Å². The molecule has 0 radical (unpaired) electrons. The maximum atomic E-state index is 12.2. The van der Waals surface area contributed by atoms with E-state index in [2.05, 4.69) is 16.8 Å². The third-order valence-electron chi connectivity index (χ3n) is 3.12. The monoisotopic (exact) mass is 268 g/mol. The average molecular weight is 268 g/mol. The van der Waals surface area contributed by atoms with Gasteiger partial charge >= 0.3 is 0 Å². The Labute approximate surface area is 112 Å². The standard InChI is InChI=1S/C12H20N4OS/c1-3-6-15(2)11(17)9-10(13)14-12(18-9)16-7-4-5-8-16/h3-8,13H2,1-2H3. The van der Waals surface area contributed by atoms with E-state index in [1.165, 1.54) is 24.2 Å². The number of thiazole rings is 1. The Morgan fingerprint density at radius 3 is 2.78 bits per heavy atom. The molecule has 1 fully saturated rings. The largest absolute Gasteiger partial charge is 0.382 e. The maximum Gasteiger partial charge on any atom is 0.267 e. The van der Waals surface area contributed by atoms with Gasteiger partial charge in [0.1, 0.15) is 10.7 Å². The summed E-state index contributed by atoms with van der Waals surface area (Å²) in [7, 11) is 1.81. The molecule has 1 aliphatic rings. The summed E-state index contributed by atoms with van der Waals surface area (Å²) in [4.78, 5) is 21.0. The molecular formula is C12H20N4OS. The van der Waals surface area contributed by atoms with Crippen molar-refractivity contribution in [3.05, 3.63) is 4.88 Å². The highest BCUT2D eigenvalue weighted by atomic mass is 32.1. The summed E-state index contributed by atoms with van der Waals surface area (Å²) in [5.41, 5.74) is 5.87. The minimum atomic E-state index is -0.0164. The molecule has 1 aliphatic heterocycles. The normalized spacial score (nSPS) is 15.1. The van der Waals surface area contributed by atoms with Gasteiger partial charge in [-0.15, -0.1) is 0 Å². The number of nitrogens with zero attached hydrogens (tertiary/aromatic N) is 3. The van der Waals surface area contributed by atoms with Crippen LogP contribution in [0.4, 0.5) is 10.9 Å². The van der Waals surface area contributed by atoms with Gasteiger partial charge in [-0.05, 0) is 19.3 Å². The lowest BCUT2D eigenvalue weighted by Crippen LogP contribution is -2.27. The zero-order chi connectivity index (χ0) is 13.1. The number of nitrogens with two attached hydrogens (primary N) is 1. The fraction of sp³-hybridized carbons (Fsp3) is 0.667. The molecule has 0 bridgehead atoms. The first-order valence-electron chi connectivity index (χ1n) is 6.40. The van der Waals surface area contributed by atoms with Gasteiger partial charge in [-0.25, -0.2) is 4.98 Å². The zero-order valence-electron chi connectivity index (χ0n) is 11.0. The van der Waals surface area contributed by atoms with Gasteiger partial charge in [0.25, 0.3) is 5.91 Å². The van der Waals surface area contributed by atoms with Crippen molar-refractivity contribution in [2.75, 3.05) is 37.3 Å². The van der Waals surface area contributed by atoms with E-state index in [0.29, 0.717) is 10.7 Å². The van der Waals surface area contributed by atoms with Gasteiger partial charge in [0.15, 0.2) is 5.13 Å². The molecule has 0 aromatic carbocycles. The van der Waals surface area contributed by atoms with Crippen LogP contribution in [0.2, 0.25) is 0 Å². The lowest BCUT2D eigenvalue weighted by Gasteiger charge is -2.15. The van der Waals surface area contributed by atoms with Crippen molar-refractivity contribution in [2.24, 2.45) is 0 Å². The van der Waals surface area contributed by atoms with Gasteiger partial charge in [-0.2, -0.15) is 0 Å². The smallest absolute Gasteiger partial charge is 0.267 e. The third kappa shape index (κ3) is 2.58. The number of hydrogen-bond donors (Lipinski definition) is 1. The van der Waals surface area contributed by atoms with Crippen molar-refractivity contribution < 1.29 is 4.79 Å². The third-order valence-corrected chi connectivity index (χ3v) is 4.24. The molecule has 1 aromatic heterocycles. The van der Waals surface area contributed by atoms with Crippen LogP contribution in [0.15, 0.2) is 0 Å². The van der Waals surface area contributed by atoms with Crippen molar-refractivity contribution in [3.63, 3.8) is 0 Å². The van der Waals surface area contributed by atoms with E-state index in [4.69, 9.17) is 5.73 Å². The molecule has 1 amide bonds. The highest BCUT2D eigenvalue weighted by molar-refractivity contribution is 7.18. The molecule has 0 atom stereocenters. The average Bonchev–Trinajstić information content (AvgIpc) is 2.97. The number of carbonyl (C=O) groups excluding carboxylic acids is 1. The Balaban J connectivity index is 2.15. The molecule has 0 unspecified atom stereocenters. The Morgan fingerprint density at radius 2 is 2.17 bits per heavy atom. The molecule has 0 spiro atoms. The second-order valence-corrected chi connectivity index (χ2v) is 5.61. The van der Waals surface area contributed by atoms with Crippen LogP contribution in [0, 0.1) is 0 Å². The van der Waals surface area contributed by atoms with E-state index in [-0.39, 0.29) is 5.91 Å². The lowest BCUT2D eigenvalue weighted by atomic mass is 10.4. The summed E-state index contributed by atoms with van der Waals surface area (Å²) >= 11 is 1.42. The van der Waals surface area contributed by atoms with E-state index >= 15 is 0 Å². The zero-order valence-corrected chi connectivity index (χ0v) is 11.8. The highest BCUT2D eigenvalue weighted by Crippen LogP contribution is 2.31. The Morgan fingerprint density at radius 1 is 1.50 bits per heavy atom. The molecule has 6 heteroatoms. The first-order chi connectivity index (χ1) is 8.63. The molecule has 2 N–H and O–H groups in total. The molecule has 18 heavy (non-hydrogen) atoms. The molecule has 1 saturated heterocycles. The molecule has 1 aromatic rings. The molecule has 2 rings (SSSR count). The number of anilines is 2. The van der Waals surface area contributed by atoms with Crippen molar-refractivity contribution >= 4 is 28.2 Å². The van der Waals surface area contributed by atoms with Gasteiger partial charge in [0.2, 0.25) is 0 Å². The van der Waals surface area contributed by atoms with Gasteiger partial charge in [0.05, 0.1) is 0 Å². The molecular weight excluding hydrogens is 248 g/mol.